The van der Waals surface area contributed by atoms with Crippen molar-refractivity contribution in [3.05, 3.63) is 23.0 Å². The molecule has 0 spiro atoms. The van der Waals surface area contributed by atoms with Gasteiger partial charge in [0.2, 0.25) is 0 Å². The van der Waals surface area contributed by atoms with Crippen LogP contribution in [0.2, 0.25) is 0 Å². The van der Waals surface area contributed by atoms with Crippen LogP contribution < -0.4 is 5.32 Å². The third-order valence-corrected chi connectivity index (χ3v) is 4.44. The molecule has 1 aliphatic carbocycles. The van der Waals surface area contributed by atoms with Crippen LogP contribution in [0, 0.1) is 0 Å². The number of aromatic nitrogens is 3. The largest absolute Gasteiger partial charge is 0.332 e. The van der Waals surface area contributed by atoms with E-state index in [-0.39, 0.29) is 0 Å². The molecule has 17 heavy (non-hydrogen) atoms. The van der Waals surface area contributed by atoms with Gasteiger partial charge in [-0.3, -0.25) is 0 Å². The van der Waals surface area contributed by atoms with Gasteiger partial charge < -0.3 is 9.88 Å². The summed E-state index contributed by atoms with van der Waals surface area (Å²) in [7, 11) is 4.03. The van der Waals surface area contributed by atoms with E-state index in [1.54, 1.807) is 11.3 Å². The average Bonchev–Trinajstić information content (AvgIpc) is 2.93. The van der Waals surface area contributed by atoms with Gasteiger partial charge in [-0.1, -0.05) is 0 Å². The predicted octanol–water partition coefficient (Wildman–Crippen LogP) is 2.14. The number of hydrogen-bond acceptors (Lipinski definition) is 4. The van der Waals surface area contributed by atoms with Crippen LogP contribution in [0.5, 0.6) is 0 Å². The number of fused-ring (bicyclic) bond motifs is 1. The standard InChI is InChI=1S/C12H16N4S/c1-13-8-4-3-5-9-10(8)15-12(17-9)11-14-6-7-16(11)2/h6-8,13H,3-5H2,1-2H3. The molecule has 5 heteroatoms. The highest BCUT2D eigenvalue weighted by Gasteiger charge is 2.24. The third-order valence-electron chi connectivity index (χ3n) is 3.32. The predicted molar refractivity (Wildman–Crippen MR) is 69.1 cm³/mol. The monoisotopic (exact) mass is 248 g/mol. The van der Waals surface area contributed by atoms with E-state index in [4.69, 9.17) is 4.98 Å². The zero-order valence-corrected chi connectivity index (χ0v) is 10.9. The minimum atomic E-state index is 0.420. The van der Waals surface area contributed by atoms with Crippen LogP contribution in [0.1, 0.15) is 29.5 Å². The van der Waals surface area contributed by atoms with Gasteiger partial charge in [0.05, 0.1) is 11.7 Å². The highest BCUT2D eigenvalue weighted by Crippen LogP contribution is 2.36. The third kappa shape index (κ3) is 1.79. The fourth-order valence-electron chi connectivity index (χ4n) is 2.37. The Kier molecular flexibility index (Phi) is 2.72. The SMILES string of the molecule is CNC1CCCc2sc(-c3nccn3C)nc21. The second-order valence-corrected chi connectivity index (χ2v) is 5.51. The van der Waals surface area contributed by atoms with Crippen LogP contribution in [0.3, 0.4) is 0 Å². The summed E-state index contributed by atoms with van der Waals surface area (Å²) in [6, 6.07) is 0.420. The molecule has 4 nitrogen and oxygen atoms in total. The van der Waals surface area contributed by atoms with Crippen LogP contribution in [-0.4, -0.2) is 21.6 Å². The Balaban J connectivity index is 2.04. The minimum Gasteiger partial charge on any atom is -0.332 e. The second-order valence-electron chi connectivity index (χ2n) is 4.42. The van der Waals surface area contributed by atoms with Gasteiger partial charge in [0.1, 0.15) is 0 Å². The first-order chi connectivity index (χ1) is 8.29. The number of rotatable bonds is 2. The number of nitrogens with zero attached hydrogens (tertiary/aromatic N) is 3. The van der Waals surface area contributed by atoms with Crippen molar-refractivity contribution < 1.29 is 0 Å². The Hall–Kier alpha value is -1.20. The van der Waals surface area contributed by atoms with Crippen molar-refractivity contribution in [2.45, 2.75) is 25.3 Å². The molecular formula is C12H16N4S. The van der Waals surface area contributed by atoms with Crippen molar-refractivity contribution >= 4 is 11.3 Å². The Labute approximate surface area is 105 Å². The number of thiazole rings is 1. The maximum Gasteiger partial charge on any atom is 0.168 e. The van der Waals surface area contributed by atoms with Crippen LogP contribution in [0.25, 0.3) is 10.8 Å². The summed E-state index contributed by atoms with van der Waals surface area (Å²) in [5.74, 6) is 0.972. The Morgan fingerprint density at radius 3 is 3.12 bits per heavy atom. The number of imidazole rings is 1. The zero-order chi connectivity index (χ0) is 11.8. The fraction of sp³-hybridized carbons (Fsp3) is 0.500. The van der Waals surface area contributed by atoms with E-state index < -0.39 is 0 Å². The lowest BCUT2D eigenvalue weighted by molar-refractivity contribution is 0.490. The van der Waals surface area contributed by atoms with E-state index in [9.17, 15) is 0 Å². The topological polar surface area (TPSA) is 42.7 Å². The van der Waals surface area contributed by atoms with Crippen molar-refractivity contribution in [2.75, 3.05) is 7.05 Å². The molecule has 0 saturated carbocycles. The number of nitrogens with one attached hydrogen (secondary N) is 1. The van der Waals surface area contributed by atoms with Gasteiger partial charge in [0.15, 0.2) is 10.8 Å². The molecule has 0 aromatic carbocycles. The first-order valence-corrected chi connectivity index (χ1v) is 6.76. The van der Waals surface area contributed by atoms with E-state index in [1.165, 1.54) is 23.4 Å². The van der Waals surface area contributed by atoms with Gasteiger partial charge in [-0.2, -0.15) is 0 Å². The van der Waals surface area contributed by atoms with Crippen molar-refractivity contribution in [1.82, 2.24) is 19.9 Å². The normalized spacial score (nSPS) is 19.3. The van der Waals surface area contributed by atoms with Crippen LogP contribution >= 0.6 is 11.3 Å². The van der Waals surface area contributed by atoms with Crippen LogP contribution in [0.15, 0.2) is 12.4 Å². The van der Waals surface area contributed by atoms with Crippen LogP contribution in [-0.2, 0) is 13.5 Å². The summed E-state index contributed by atoms with van der Waals surface area (Å²) in [6.45, 7) is 0. The summed E-state index contributed by atoms with van der Waals surface area (Å²) in [5, 5.41) is 4.40. The van der Waals surface area contributed by atoms with E-state index >= 15 is 0 Å². The summed E-state index contributed by atoms with van der Waals surface area (Å²) in [4.78, 5) is 10.6. The lowest BCUT2D eigenvalue weighted by Crippen LogP contribution is -2.21. The second kappa shape index (κ2) is 4.23. The molecule has 2 heterocycles. The summed E-state index contributed by atoms with van der Waals surface area (Å²) >= 11 is 1.79. The highest BCUT2D eigenvalue weighted by atomic mass is 32.1. The molecule has 1 aliphatic rings. The first kappa shape index (κ1) is 10.9. The molecule has 1 unspecified atom stereocenters. The van der Waals surface area contributed by atoms with Gasteiger partial charge in [-0.25, -0.2) is 9.97 Å². The van der Waals surface area contributed by atoms with Crippen molar-refractivity contribution in [3.8, 4) is 10.8 Å². The molecular weight excluding hydrogens is 232 g/mol. The van der Waals surface area contributed by atoms with Gasteiger partial charge in [0.25, 0.3) is 0 Å². The molecule has 0 aliphatic heterocycles. The van der Waals surface area contributed by atoms with E-state index in [2.05, 4.69) is 10.3 Å². The fourth-order valence-corrected chi connectivity index (χ4v) is 3.57. The van der Waals surface area contributed by atoms with E-state index in [0.717, 1.165) is 17.3 Å². The van der Waals surface area contributed by atoms with Gasteiger partial charge in [-0.15, -0.1) is 11.3 Å². The Morgan fingerprint density at radius 1 is 1.53 bits per heavy atom. The summed E-state index contributed by atoms with van der Waals surface area (Å²) in [6.07, 6.45) is 7.39. The molecule has 90 valence electrons. The quantitative estimate of drug-likeness (QED) is 0.885. The summed E-state index contributed by atoms with van der Waals surface area (Å²) in [5.41, 5.74) is 1.24. The van der Waals surface area contributed by atoms with E-state index in [1.807, 2.05) is 31.1 Å². The van der Waals surface area contributed by atoms with Crippen LogP contribution in [0.4, 0.5) is 0 Å². The number of hydrogen-bond donors (Lipinski definition) is 1. The smallest absolute Gasteiger partial charge is 0.168 e. The Morgan fingerprint density at radius 2 is 2.41 bits per heavy atom. The molecule has 0 saturated heterocycles. The molecule has 2 aromatic rings. The van der Waals surface area contributed by atoms with Crippen molar-refractivity contribution in [1.29, 1.82) is 0 Å². The maximum atomic E-state index is 4.78. The molecule has 0 bridgehead atoms. The van der Waals surface area contributed by atoms with E-state index in [0.29, 0.717) is 6.04 Å². The zero-order valence-electron chi connectivity index (χ0n) is 10.1. The van der Waals surface area contributed by atoms with Gasteiger partial charge in [-0.05, 0) is 26.3 Å². The molecule has 3 rings (SSSR count). The molecule has 2 aromatic heterocycles. The lowest BCUT2D eigenvalue weighted by atomic mass is 9.98. The minimum absolute atomic E-state index is 0.420. The maximum absolute atomic E-state index is 4.78. The molecule has 1 atom stereocenters. The Bertz CT molecular complexity index is 528. The molecule has 0 amide bonds. The van der Waals surface area contributed by atoms with Crippen molar-refractivity contribution in [3.63, 3.8) is 0 Å². The average molecular weight is 248 g/mol. The van der Waals surface area contributed by atoms with Gasteiger partial charge in [0, 0.05) is 24.3 Å². The molecule has 1 N–H and O–H groups in total. The van der Waals surface area contributed by atoms with Gasteiger partial charge >= 0.3 is 0 Å². The molecule has 0 radical (unpaired) electrons. The highest BCUT2D eigenvalue weighted by molar-refractivity contribution is 7.15. The first-order valence-electron chi connectivity index (χ1n) is 5.94. The van der Waals surface area contributed by atoms with Crippen molar-refractivity contribution in [2.24, 2.45) is 7.05 Å². The lowest BCUT2D eigenvalue weighted by Gasteiger charge is -2.19. The molecule has 0 fully saturated rings. The number of aryl methyl sites for hydroxylation is 2. The summed E-state index contributed by atoms with van der Waals surface area (Å²) < 4.78 is 2.03.